The molecule has 1 saturated carbocycles. The van der Waals surface area contributed by atoms with E-state index >= 15 is 0 Å². The summed E-state index contributed by atoms with van der Waals surface area (Å²) in [5.74, 6) is 1.20. The van der Waals surface area contributed by atoms with E-state index in [1.54, 1.807) is 0 Å². The van der Waals surface area contributed by atoms with Gasteiger partial charge in [0, 0.05) is 5.25 Å². The maximum atomic E-state index is 12.3. The van der Waals surface area contributed by atoms with Gasteiger partial charge in [-0.25, -0.2) is 4.57 Å². The molecule has 0 bridgehead atoms. The second-order valence-electron chi connectivity index (χ2n) is 11.3. The van der Waals surface area contributed by atoms with E-state index in [0.717, 1.165) is 19.3 Å². The van der Waals surface area contributed by atoms with Crippen LogP contribution in [0.5, 0.6) is 0 Å². The highest BCUT2D eigenvalue weighted by atomic mass is 32.2. The Bertz CT molecular complexity index is 529. The molecule has 1 aliphatic carbocycles. The van der Waals surface area contributed by atoms with Gasteiger partial charge < -0.3 is 9.38 Å². The highest BCUT2D eigenvalue weighted by Crippen LogP contribution is 2.47. The largest absolute Gasteiger partial charge is 0.472 e. The van der Waals surface area contributed by atoms with Crippen LogP contribution in [0.15, 0.2) is 0 Å². The molecule has 1 fully saturated rings. The molecular weight excluding hydrogens is 465 g/mol. The van der Waals surface area contributed by atoms with Crippen LogP contribution in [-0.4, -0.2) is 60.8 Å². The Kier molecular flexibility index (Phi) is 18.6. The van der Waals surface area contributed by atoms with Gasteiger partial charge >= 0.3 is 7.82 Å². The molecule has 204 valence electrons. The number of likely N-dealkylation sites (N-methyl/N-ethyl adjacent to an activating group) is 1. The first-order valence-corrected chi connectivity index (χ1v) is 16.8. The average molecular weight is 523 g/mol. The number of hydrogen-bond donors (Lipinski definition) is 1. The van der Waals surface area contributed by atoms with Gasteiger partial charge in [-0.3, -0.25) is 9.05 Å². The predicted octanol–water partition coefficient (Wildman–Crippen LogP) is 8.35. The van der Waals surface area contributed by atoms with Gasteiger partial charge in [0.1, 0.15) is 13.2 Å². The van der Waals surface area contributed by atoms with Crippen molar-refractivity contribution in [2.45, 2.75) is 134 Å². The lowest BCUT2D eigenvalue weighted by Crippen LogP contribution is -2.37. The van der Waals surface area contributed by atoms with Gasteiger partial charge in [-0.1, -0.05) is 90.4 Å². The third-order valence-corrected chi connectivity index (χ3v) is 9.23. The molecule has 0 radical (unpaired) electrons. The molecule has 34 heavy (non-hydrogen) atoms. The van der Waals surface area contributed by atoms with Gasteiger partial charge in [0.15, 0.2) is 0 Å². The monoisotopic (exact) mass is 522 g/mol. The highest BCUT2D eigenvalue weighted by Gasteiger charge is 2.31. The zero-order chi connectivity index (χ0) is 25.1. The Labute approximate surface area is 216 Å². The van der Waals surface area contributed by atoms with Crippen molar-refractivity contribution in [2.24, 2.45) is 0 Å². The van der Waals surface area contributed by atoms with Crippen LogP contribution in [0, 0.1) is 0 Å². The average Bonchev–Trinajstić information content (AvgIpc) is 2.75. The molecule has 0 amide bonds. The number of thioether (sulfide) groups is 1. The zero-order valence-electron chi connectivity index (χ0n) is 23.0. The summed E-state index contributed by atoms with van der Waals surface area (Å²) in [5, 5.41) is 0.548. The van der Waals surface area contributed by atoms with Crippen LogP contribution < -0.4 is 0 Å². The van der Waals surface area contributed by atoms with E-state index in [0.29, 0.717) is 16.3 Å². The summed E-state index contributed by atoms with van der Waals surface area (Å²) in [6.07, 6.45) is 23.4. The van der Waals surface area contributed by atoms with Gasteiger partial charge in [-0.15, -0.1) is 0 Å². The normalized spacial score (nSPS) is 21.0. The number of unbranched alkanes of at least 4 members (excludes halogenated alkanes) is 13. The maximum absolute atomic E-state index is 12.3. The van der Waals surface area contributed by atoms with E-state index in [1.807, 2.05) is 32.9 Å². The van der Waals surface area contributed by atoms with Gasteiger partial charge in [0.2, 0.25) is 0 Å². The molecule has 1 N–H and O–H groups in total. The standard InChI is InChI=1S/C27H56NO4PS/c1-5-6-7-8-9-10-11-12-13-14-15-16-17-18-24-34-27-21-19-20-26(25-27)32-33(29,30)31-23-22-28(2,3)4/h26-27H,5-25H2,1-4H3/p+1. The Morgan fingerprint density at radius 3 is 1.91 bits per heavy atom. The van der Waals surface area contributed by atoms with Crippen LogP contribution in [-0.2, 0) is 13.6 Å². The highest BCUT2D eigenvalue weighted by molar-refractivity contribution is 7.99. The number of phosphoric acid groups is 1. The lowest BCUT2D eigenvalue weighted by molar-refractivity contribution is -0.870. The van der Waals surface area contributed by atoms with E-state index in [4.69, 9.17) is 9.05 Å². The Balaban J connectivity index is 1.97. The first-order chi connectivity index (χ1) is 16.2. The van der Waals surface area contributed by atoms with Crippen molar-refractivity contribution in [3.63, 3.8) is 0 Å². The first kappa shape index (κ1) is 32.4. The van der Waals surface area contributed by atoms with E-state index < -0.39 is 7.82 Å². The SMILES string of the molecule is CCCCCCCCCCCCCCCCSC1CCCC(OP(=O)(O)OCC[N+](C)(C)C)C1. The van der Waals surface area contributed by atoms with Crippen LogP contribution in [0.3, 0.4) is 0 Å². The Morgan fingerprint density at radius 2 is 1.38 bits per heavy atom. The topological polar surface area (TPSA) is 55.8 Å². The second kappa shape index (κ2) is 19.5. The Hall–Kier alpha value is 0.420. The molecule has 0 aromatic carbocycles. The lowest BCUT2D eigenvalue weighted by Gasteiger charge is -2.30. The van der Waals surface area contributed by atoms with E-state index in [9.17, 15) is 9.46 Å². The number of quaternary nitrogens is 1. The molecule has 3 unspecified atom stereocenters. The smallest absolute Gasteiger partial charge is 0.329 e. The summed E-state index contributed by atoms with van der Waals surface area (Å²) < 4.78 is 23.7. The van der Waals surface area contributed by atoms with Crippen molar-refractivity contribution < 1.29 is 23.0 Å². The number of hydrogen-bond acceptors (Lipinski definition) is 4. The van der Waals surface area contributed by atoms with Crippen molar-refractivity contribution in [3.8, 4) is 0 Å². The van der Waals surface area contributed by atoms with E-state index in [1.165, 1.54) is 102 Å². The molecule has 1 aliphatic rings. The molecule has 0 spiro atoms. The molecular formula is C27H57NO4PS+. The fourth-order valence-electron chi connectivity index (χ4n) is 4.54. The molecule has 3 atom stereocenters. The summed E-state index contributed by atoms with van der Waals surface area (Å²) in [6.45, 7) is 3.20. The van der Waals surface area contributed by atoms with E-state index in [2.05, 4.69) is 6.92 Å². The first-order valence-electron chi connectivity index (χ1n) is 14.3. The van der Waals surface area contributed by atoms with Gasteiger partial charge in [0.05, 0.1) is 27.2 Å². The zero-order valence-corrected chi connectivity index (χ0v) is 24.7. The second-order valence-corrected chi connectivity index (χ2v) is 14.1. The van der Waals surface area contributed by atoms with Crippen LogP contribution in [0.25, 0.3) is 0 Å². The van der Waals surface area contributed by atoms with Crippen molar-refractivity contribution in [3.05, 3.63) is 0 Å². The van der Waals surface area contributed by atoms with Crippen LogP contribution >= 0.6 is 19.6 Å². The third kappa shape index (κ3) is 19.6. The number of rotatable bonds is 22. The van der Waals surface area contributed by atoms with Crippen LogP contribution in [0.2, 0.25) is 0 Å². The summed E-state index contributed by atoms with van der Waals surface area (Å²) in [7, 11) is 2.15. The summed E-state index contributed by atoms with van der Waals surface area (Å²) in [5.41, 5.74) is 0. The molecule has 1 rings (SSSR count). The molecule has 0 aromatic rings. The van der Waals surface area contributed by atoms with Crippen LogP contribution in [0.4, 0.5) is 0 Å². The third-order valence-electron chi connectivity index (χ3n) is 6.73. The fraction of sp³-hybridized carbons (Fsp3) is 1.00. The molecule has 0 aliphatic heterocycles. The summed E-state index contributed by atoms with van der Waals surface area (Å²) in [6, 6.07) is 0. The van der Waals surface area contributed by atoms with Crippen molar-refractivity contribution in [1.29, 1.82) is 0 Å². The molecule has 5 nitrogen and oxygen atoms in total. The van der Waals surface area contributed by atoms with Crippen molar-refractivity contribution in [1.82, 2.24) is 0 Å². The molecule has 0 heterocycles. The van der Waals surface area contributed by atoms with Crippen molar-refractivity contribution >= 4 is 19.6 Å². The lowest BCUT2D eigenvalue weighted by atomic mass is 9.97. The van der Waals surface area contributed by atoms with Crippen LogP contribution in [0.1, 0.15) is 122 Å². The Morgan fingerprint density at radius 1 is 0.853 bits per heavy atom. The number of nitrogens with zero attached hydrogens (tertiary/aromatic N) is 1. The fourth-order valence-corrected chi connectivity index (χ4v) is 6.87. The quantitative estimate of drug-likeness (QED) is 0.0879. The minimum absolute atomic E-state index is 0.150. The minimum atomic E-state index is -3.96. The predicted molar refractivity (Wildman–Crippen MR) is 149 cm³/mol. The summed E-state index contributed by atoms with van der Waals surface area (Å²) >= 11 is 2.04. The van der Waals surface area contributed by atoms with Gasteiger partial charge in [-0.05, 0) is 37.9 Å². The summed E-state index contributed by atoms with van der Waals surface area (Å²) in [4.78, 5) is 10.1. The minimum Gasteiger partial charge on any atom is -0.329 e. The maximum Gasteiger partial charge on any atom is 0.472 e. The van der Waals surface area contributed by atoms with Gasteiger partial charge in [0.25, 0.3) is 0 Å². The molecule has 0 aromatic heterocycles. The van der Waals surface area contributed by atoms with E-state index in [-0.39, 0.29) is 12.7 Å². The van der Waals surface area contributed by atoms with Gasteiger partial charge in [-0.2, -0.15) is 11.8 Å². The number of phosphoric ester groups is 1. The molecule has 0 saturated heterocycles. The molecule has 7 heteroatoms. The van der Waals surface area contributed by atoms with Crippen molar-refractivity contribution in [2.75, 3.05) is 40.0 Å².